The maximum absolute atomic E-state index is 14.2. The first-order valence-corrected chi connectivity index (χ1v) is 37.1. The van der Waals surface area contributed by atoms with Gasteiger partial charge in [-0.3, -0.25) is 38.6 Å². The van der Waals surface area contributed by atoms with Crippen LogP contribution in [0.4, 0.5) is 4.79 Å². The number of ether oxygens (including phenoxy) is 4. The van der Waals surface area contributed by atoms with Crippen LogP contribution in [0.1, 0.15) is 212 Å². The zero-order valence-corrected chi connectivity index (χ0v) is 59.4. The molecule has 12 N–H and O–H groups in total. The van der Waals surface area contributed by atoms with Gasteiger partial charge in [-0.25, -0.2) is 14.2 Å². The number of ketones is 3. The molecule has 0 aromatic heterocycles. The predicted molar refractivity (Wildman–Crippen MR) is 364 cm³/mol. The minimum atomic E-state index is -4.90. The van der Waals surface area contributed by atoms with Crippen LogP contribution in [0.15, 0.2) is 54.1 Å². The van der Waals surface area contributed by atoms with E-state index in [-0.39, 0.29) is 90.7 Å². The number of nitrogens with one attached hydrogen (secondary N) is 4. The summed E-state index contributed by atoms with van der Waals surface area (Å²) in [4.78, 5) is 127. The molecule has 10 rings (SSSR count). The van der Waals surface area contributed by atoms with Crippen molar-refractivity contribution in [3.05, 3.63) is 93.1 Å². The molecule has 0 bridgehead atoms. The Hall–Kier alpha value is -7.29. The molecule has 16 atom stereocenters. The molecule has 0 spiro atoms. The number of allylic oxidation sites excluding steroid dienone is 1. The van der Waals surface area contributed by atoms with Crippen LogP contribution < -0.4 is 30.5 Å². The number of alkyl carbamates (subject to hydrolysis) is 1. The predicted octanol–water partition coefficient (Wildman–Crippen LogP) is 8.01. The van der Waals surface area contributed by atoms with E-state index in [9.17, 15) is 83.3 Å². The van der Waals surface area contributed by atoms with Gasteiger partial charge in [-0.05, 0) is 141 Å². The van der Waals surface area contributed by atoms with Gasteiger partial charge in [0, 0.05) is 68.2 Å². The van der Waals surface area contributed by atoms with Gasteiger partial charge in [0.25, 0.3) is 0 Å². The van der Waals surface area contributed by atoms with Gasteiger partial charge < -0.3 is 75.4 Å². The van der Waals surface area contributed by atoms with Gasteiger partial charge in [0.2, 0.25) is 23.5 Å². The summed E-state index contributed by atoms with van der Waals surface area (Å²) in [5.74, 6) is -3.98. The Balaban J connectivity index is 0.709. The molecule has 0 radical (unpaired) electrons. The molecule has 7 aliphatic rings. The highest BCUT2D eigenvalue weighted by Gasteiger charge is 2.60. The molecular weight excluding hydrogens is 1330 g/mol. The van der Waals surface area contributed by atoms with Crippen molar-refractivity contribution in [2.24, 2.45) is 46.3 Å². The summed E-state index contributed by atoms with van der Waals surface area (Å²) >= 11 is 0. The summed E-state index contributed by atoms with van der Waals surface area (Å²) < 4.78 is 39.9. The first-order valence-electron chi connectivity index (χ1n) is 35.6. The molecule has 3 aromatic rings. The third-order valence-electron chi connectivity index (χ3n) is 23.3. The third kappa shape index (κ3) is 16.5. The smallest absolute Gasteiger partial charge is 0.507 e. The van der Waals surface area contributed by atoms with Crippen molar-refractivity contribution in [3.8, 4) is 23.0 Å². The summed E-state index contributed by atoms with van der Waals surface area (Å²) in [5, 5.41) is 77.4. The lowest BCUT2D eigenvalue weighted by atomic mass is 9.47. The number of hydrogen-bond acceptors (Lipinski definition) is 19. The van der Waals surface area contributed by atoms with Gasteiger partial charge in [0.05, 0.1) is 42.0 Å². The van der Waals surface area contributed by atoms with E-state index in [2.05, 4.69) is 66.5 Å². The van der Waals surface area contributed by atoms with E-state index in [1.807, 2.05) is 0 Å². The van der Waals surface area contributed by atoms with Crippen molar-refractivity contribution >= 4 is 55.0 Å². The Labute approximate surface area is 587 Å². The van der Waals surface area contributed by atoms with Crippen molar-refractivity contribution in [1.82, 2.24) is 21.3 Å². The summed E-state index contributed by atoms with van der Waals surface area (Å²) in [6, 6.07) is 5.81. The van der Waals surface area contributed by atoms with Crippen molar-refractivity contribution in [3.63, 3.8) is 0 Å². The molecule has 1 saturated heterocycles. The highest BCUT2D eigenvalue weighted by atomic mass is 31.2. The van der Waals surface area contributed by atoms with Gasteiger partial charge in [0.15, 0.2) is 17.9 Å². The second-order valence-electron chi connectivity index (χ2n) is 30.1. The van der Waals surface area contributed by atoms with Crippen LogP contribution in [-0.4, -0.2) is 156 Å². The number of unbranched alkanes of at least 4 members (excludes halogenated alkanes) is 1. The van der Waals surface area contributed by atoms with Gasteiger partial charge in [0.1, 0.15) is 59.5 Å². The number of aliphatic carboxylic acids is 1. The monoisotopic (exact) mass is 1430 g/mol. The van der Waals surface area contributed by atoms with Crippen LogP contribution in [0.25, 0.3) is 0 Å². The minimum Gasteiger partial charge on any atom is -0.507 e. The number of fused-ring (bicyclic) bond motifs is 8. The Bertz CT molecular complexity index is 3720. The van der Waals surface area contributed by atoms with E-state index >= 15 is 0 Å². The Morgan fingerprint density at radius 2 is 1.54 bits per heavy atom. The number of carbonyl (C=O) groups is 8. The number of hydrogen-bond donors (Lipinski definition) is 12. The van der Waals surface area contributed by atoms with Gasteiger partial charge in [-0.2, -0.15) is 0 Å². The molecule has 1 heterocycles. The molecule has 3 aromatic carbocycles. The van der Waals surface area contributed by atoms with Crippen LogP contribution >= 0.6 is 7.82 Å². The van der Waals surface area contributed by atoms with E-state index in [4.69, 9.17) is 18.9 Å². The van der Waals surface area contributed by atoms with Crippen LogP contribution in [0.2, 0.25) is 0 Å². The molecular formula is C74H99N4O22P. The summed E-state index contributed by atoms with van der Waals surface area (Å²) in [6.45, 7) is 12.4. The SMILES string of the molecule is COc1cccc2c1C(=O)c1c(O)c3c(c(O)c1C2=O)C[C@@](O)(C(=O)CO)C[C@@H]3O[C@H]1C[C@H](NC(=O)CCC(=O)NCCCC[C@@H](NC(=O)C(Cc2ccc(OP(=O)(O)O)cc2)NC(=O)OC2CCC3(C)C(=CCC4[C@@H]3CCC3(C)C(C(C)CCCC(C)C)CC[C@@H]43)C2)C(=O)O)[C@H](O)[C@H](C)O1. The maximum atomic E-state index is 14.2. The molecule has 3 saturated carbocycles. The number of phenolic OH excluding ortho intramolecular Hbond substituents is 2. The molecule has 552 valence electrons. The molecule has 6 aliphatic carbocycles. The number of aliphatic hydroxyl groups is 3. The van der Waals surface area contributed by atoms with Crippen LogP contribution in [0.5, 0.6) is 23.0 Å². The molecule has 27 heteroatoms. The number of methoxy groups -OCH3 is 1. The zero-order chi connectivity index (χ0) is 73.2. The largest absolute Gasteiger partial charge is 0.524 e. The number of carboxylic acid groups (broad SMARTS) is 1. The number of benzene rings is 3. The van der Waals surface area contributed by atoms with Gasteiger partial charge >= 0.3 is 19.9 Å². The first-order chi connectivity index (χ1) is 47.8. The summed E-state index contributed by atoms with van der Waals surface area (Å²) in [5.41, 5.74) is -2.43. The number of amides is 4. The van der Waals surface area contributed by atoms with Crippen molar-refractivity contribution in [1.29, 1.82) is 0 Å². The summed E-state index contributed by atoms with van der Waals surface area (Å²) in [6.07, 6.45) is 5.45. The number of phosphoric acid groups is 1. The third-order valence-corrected chi connectivity index (χ3v) is 23.7. The highest BCUT2D eigenvalue weighted by molar-refractivity contribution is 7.46. The fourth-order valence-electron chi connectivity index (χ4n) is 18.0. The Morgan fingerprint density at radius 1 is 0.822 bits per heavy atom. The number of carboxylic acids is 1. The van der Waals surface area contributed by atoms with Crippen LogP contribution in [0, 0.1) is 46.3 Å². The summed E-state index contributed by atoms with van der Waals surface area (Å²) in [7, 11) is -3.62. The molecule has 1 aliphatic heterocycles. The van der Waals surface area contributed by atoms with Crippen LogP contribution in [-0.2, 0) is 55.6 Å². The average Bonchev–Trinajstić information content (AvgIpc) is 0.963. The molecule has 4 amide bonds. The van der Waals surface area contributed by atoms with Crippen molar-refractivity contribution < 1.29 is 107 Å². The van der Waals surface area contributed by atoms with Crippen molar-refractivity contribution in [2.75, 3.05) is 20.3 Å². The average molecular weight is 1430 g/mol. The van der Waals surface area contributed by atoms with Crippen LogP contribution in [0.3, 0.4) is 0 Å². The van der Waals surface area contributed by atoms with E-state index < -0.39 is 151 Å². The fourth-order valence-corrected chi connectivity index (χ4v) is 18.4. The lowest BCUT2D eigenvalue weighted by Crippen LogP contribution is -2.56. The first kappa shape index (κ1) is 76.4. The zero-order valence-electron chi connectivity index (χ0n) is 58.5. The van der Waals surface area contributed by atoms with Gasteiger partial charge in [-0.1, -0.05) is 89.8 Å². The number of aliphatic hydroxyl groups excluding tert-OH is 2. The lowest BCUT2D eigenvalue weighted by molar-refractivity contribution is -0.249. The van der Waals surface area contributed by atoms with E-state index in [0.717, 1.165) is 18.8 Å². The second-order valence-corrected chi connectivity index (χ2v) is 31.3. The number of carbonyl (C=O) groups excluding carboxylic acids is 7. The number of aromatic hydroxyl groups is 2. The minimum absolute atomic E-state index is 0.0147. The number of phenols is 2. The molecule has 7 unspecified atom stereocenters. The Morgan fingerprint density at radius 3 is 2.24 bits per heavy atom. The molecule has 101 heavy (non-hydrogen) atoms. The molecule has 4 fully saturated rings. The quantitative estimate of drug-likeness (QED) is 0.0111. The maximum Gasteiger partial charge on any atom is 0.524 e. The number of rotatable bonds is 28. The fraction of sp³-hybridized carbons (Fsp3) is 0.622. The van der Waals surface area contributed by atoms with E-state index in [1.54, 1.807) is 0 Å². The van der Waals surface area contributed by atoms with E-state index in [1.165, 1.54) is 107 Å². The van der Waals surface area contributed by atoms with Crippen molar-refractivity contribution in [2.45, 2.75) is 224 Å². The Kier molecular flexibility index (Phi) is 23.7. The number of Topliss-reactive ketones (excluding diaryl/α,β-unsaturated/α-hetero) is 1. The topological polar surface area (TPSA) is 410 Å². The standard InChI is InChI=1S/C74H99N4O22P/c1-38(2)12-10-13-39(3)48-23-24-49-45-22-19-42-33-44(27-29-72(42,5)50(45)28-30-73(48,49)6)98-71(91)78-53(32-41-17-20-43(21-18-41)100-101(93,94)95)69(88)77-51(70(89)90)15-8-9-31-75-57(81)25-26-58(82)76-52-34-59(97-40(4)64(52)83)99-55-36-74(92,56(80)37-79)35-47-61(55)68(87)63-62(66(47)85)65(84)46-14-11-16-54(96-7)60(46)67(63)86/h11,14,16-21,38-40,44-45,48-53,55,59,64,79,83,85,87,92H,8-10,12-13,15,22-37H2,1-7H3,(H,75,81)(H,76,82)(H,77,88)(H,78,91)(H,89,90)(H2,93,94,95)/t39?,40-,44?,45?,48?,49-,50-,51+,52-,53?,55-,59-,64+,72?,73?,74-/m0/s1. The lowest BCUT2D eigenvalue weighted by Gasteiger charge is -2.58. The number of phosphoric ester groups is 1. The van der Waals surface area contributed by atoms with Gasteiger partial charge in [-0.15, -0.1) is 0 Å². The second kappa shape index (κ2) is 31.4. The molecule has 26 nitrogen and oxygen atoms in total. The van der Waals surface area contributed by atoms with E-state index in [0.29, 0.717) is 53.4 Å². The normalized spacial score (nSPS) is 29.0. The highest BCUT2D eigenvalue weighted by Crippen LogP contribution is 2.68.